The number of ether oxygens (including phenoxy) is 1. The Hall–Kier alpha value is -2.86. The molecule has 1 saturated heterocycles. The standard InChI is InChI=1S/C17H17N3O3/c18-16(21)11-4-6-13(7-5-11)19-14-3-1-2-12(8-14)17(22)20-15-9-23-10-15/h1-8,15,19H,9-10H2,(H2,18,21)(H,20,22). The molecule has 0 aliphatic carbocycles. The largest absolute Gasteiger partial charge is 0.377 e. The van der Waals surface area contributed by atoms with Gasteiger partial charge in [0.1, 0.15) is 0 Å². The Morgan fingerprint density at radius 1 is 1.00 bits per heavy atom. The van der Waals surface area contributed by atoms with Crippen LogP contribution in [0.5, 0.6) is 0 Å². The van der Waals surface area contributed by atoms with E-state index in [0.717, 1.165) is 11.4 Å². The molecule has 0 radical (unpaired) electrons. The molecule has 1 aliphatic rings. The summed E-state index contributed by atoms with van der Waals surface area (Å²) < 4.78 is 5.04. The number of rotatable bonds is 5. The van der Waals surface area contributed by atoms with Gasteiger partial charge >= 0.3 is 0 Å². The molecule has 4 N–H and O–H groups in total. The number of carbonyl (C=O) groups excluding carboxylic acids is 2. The predicted molar refractivity (Wildman–Crippen MR) is 86.8 cm³/mol. The molecule has 0 atom stereocenters. The monoisotopic (exact) mass is 311 g/mol. The third-order valence-electron chi connectivity index (χ3n) is 3.56. The molecular formula is C17H17N3O3. The molecule has 1 heterocycles. The van der Waals surface area contributed by atoms with Crippen molar-refractivity contribution in [1.82, 2.24) is 5.32 Å². The zero-order chi connectivity index (χ0) is 16.2. The smallest absolute Gasteiger partial charge is 0.251 e. The molecule has 0 unspecified atom stereocenters. The Labute approximate surface area is 133 Å². The molecule has 2 amide bonds. The minimum Gasteiger partial charge on any atom is -0.377 e. The summed E-state index contributed by atoms with van der Waals surface area (Å²) in [4.78, 5) is 23.2. The normalized spacial score (nSPS) is 13.9. The van der Waals surface area contributed by atoms with Crippen molar-refractivity contribution >= 4 is 23.2 Å². The number of nitrogens with two attached hydrogens (primary N) is 1. The molecule has 2 aromatic carbocycles. The quantitative estimate of drug-likeness (QED) is 0.783. The Morgan fingerprint density at radius 3 is 2.35 bits per heavy atom. The van der Waals surface area contributed by atoms with Crippen LogP contribution in [0.3, 0.4) is 0 Å². The first-order valence-electron chi connectivity index (χ1n) is 7.27. The maximum atomic E-state index is 12.1. The second-order valence-electron chi connectivity index (χ2n) is 5.36. The molecule has 23 heavy (non-hydrogen) atoms. The van der Waals surface area contributed by atoms with Crippen LogP contribution in [0.25, 0.3) is 0 Å². The second kappa shape index (κ2) is 6.50. The lowest BCUT2D eigenvalue weighted by Gasteiger charge is -2.26. The summed E-state index contributed by atoms with van der Waals surface area (Å²) >= 11 is 0. The van der Waals surface area contributed by atoms with E-state index in [1.54, 1.807) is 36.4 Å². The lowest BCUT2D eigenvalue weighted by molar-refractivity contribution is -0.00346. The van der Waals surface area contributed by atoms with E-state index >= 15 is 0 Å². The van der Waals surface area contributed by atoms with Crippen molar-refractivity contribution in [2.24, 2.45) is 5.73 Å². The van der Waals surface area contributed by atoms with Crippen LogP contribution in [-0.4, -0.2) is 31.1 Å². The third-order valence-corrected chi connectivity index (χ3v) is 3.56. The summed E-state index contributed by atoms with van der Waals surface area (Å²) in [5.41, 5.74) is 7.83. The summed E-state index contributed by atoms with van der Waals surface area (Å²) in [6.07, 6.45) is 0. The van der Waals surface area contributed by atoms with Gasteiger partial charge in [-0.05, 0) is 42.5 Å². The fourth-order valence-electron chi connectivity index (χ4n) is 2.21. The van der Waals surface area contributed by atoms with Crippen LogP contribution in [-0.2, 0) is 4.74 Å². The Morgan fingerprint density at radius 2 is 1.74 bits per heavy atom. The molecule has 0 spiro atoms. The summed E-state index contributed by atoms with van der Waals surface area (Å²) in [5, 5.41) is 6.09. The third kappa shape index (κ3) is 3.67. The molecule has 0 aromatic heterocycles. The number of primary amides is 1. The van der Waals surface area contributed by atoms with Gasteiger partial charge in [-0.2, -0.15) is 0 Å². The van der Waals surface area contributed by atoms with Gasteiger partial charge in [0.15, 0.2) is 0 Å². The highest BCUT2D eigenvalue weighted by atomic mass is 16.5. The van der Waals surface area contributed by atoms with Gasteiger partial charge in [-0.15, -0.1) is 0 Å². The Kier molecular flexibility index (Phi) is 4.25. The van der Waals surface area contributed by atoms with E-state index in [9.17, 15) is 9.59 Å². The molecule has 6 nitrogen and oxygen atoms in total. The van der Waals surface area contributed by atoms with Gasteiger partial charge in [0, 0.05) is 22.5 Å². The minimum absolute atomic E-state index is 0.0976. The Balaban J connectivity index is 1.69. The number of amides is 2. The first-order chi connectivity index (χ1) is 11.1. The number of hydrogen-bond acceptors (Lipinski definition) is 4. The topological polar surface area (TPSA) is 93.5 Å². The molecule has 0 bridgehead atoms. The fraction of sp³-hybridized carbons (Fsp3) is 0.176. The van der Waals surface area contributed by atoms with Gasteiger partial charge in [-0.1, -0.05) is 6.07 Å². The SMILES string of the molecule is NC(=O)c1ccc(Nc2cccc(C(=O)NC3COC3)c2)cc1. The van der Waals surface area contributed by atoms with Crippen molar-refractivity contribution in [1.29, 1.82) is 0 Å². The van der Waals surface area contributed by atoms with Crippen molar-refractivity contribution in [2.45, 2.75) is 6.04 Å². The number of benzene rings is 2. The summed E-state index contributed by atoms with van der Waals surface area (Å²) in [6, 6.07) is 14.1. The zero-order valence-electron chi connectivity index (χ0n) is 12.4. The second-order valence-corrected chi connectivity index (χ2v) is 5.36. The molecule has 1 aliphatic heterocycles. The Bertz CT molecular complexity index is 724. The highest BCUT2D eigenvalue weighted by molar-refractivity contribution is 5.95. The van der Waals surface area contributed by atoms with E-state index in [1.807, 2.05) is 12.1 Å². The van der Waals surface area contributed by atoms with Crippen LogP contribution in [0.1, 0.15) is 20.7 Å². The van der Waals surface area contributed by atoms with Gasteiger partial charge in [-0.25, -0.2) is 0 Å². The van der Waals surface area contributed by atoms with Gasteiger partial charge in [0.05, 0.1) is 19.3 Å². The average Bonchev–Trinajstić information content (AvgIpc) is 2.51. The predicted octanol–water partition coefficient (Wildman–Crippen LogP) is 1.66. The average molecular weight is 311 g/mol. The van der Waals surface area contributed by atoms with Crippen LogP contribution < -0.4 is 16.4 Å². The van der Waals surface area contributed by atoms with Crippen LogP contribution in [0, 0.1) is 0 Å². The van der Waals surface area contributed by atoms with Gasteiger partial charge in [-0.3, -0.25) is 9.59 Å². The van der Waals surface area contributed by atoms with E-state index in [2.05, 4.69) is 10.6 Å². The van der Waals surface area contributed by atoms with E-state index in [0.29, 0.717) is 24.3 Å². The number of carbonyl (C=O) groups is 2. The molecular weight excluding hydrogens is 294 g/mol. The lowest BCUT2D eigenvalue weighted by atomic mass is 10.1. The van der Waals surface area contributed by atoms with E-state index in [4.69, 9.17) is 10.5 Å². The lowest BCUT2D eigenvalue weighted by Crippen LogP contribution is -2.48. The summed E-state index contributed by atoms with van der Waals surface area (Å²) in [7, 11) is 0. The summed E-state index contributed by atoms with van der Waals surface area (Å²) in [5.74, 6) is -0.582. The summed E-state index contributed by atoms with van der Waals surface area (Å²) in [6.45, 7) is 1.13. The number of anilines is 2. The molecule has 118 valence electrons. The first-order valence-corrected chi connectivity index (χ1v) is 7.27. The highest BCUT2D eigenvalue weighted by Gasteiger charge is 2.20. The van der Waals surface area contributed by atoms with Crippen LogP contribution in [0.4, 0.5) is 11.4 Å². The molecule has 1 fully saturated rings. The van der Waals surface area contributed by atoms with Crippen molar-refractivity contribution in [3.05, 3.63) is 59.7 Å². The van der Waals surface area contributed by atoms with Gasteiger partial charge in [0.2, 0.25) is 5.91 Å². The van der Waals surface area contributed by atoms with Crippen LogP contribution >= 0.6 is 0 Å². The highest BCUT2D eigenvalue weighted by Crippen LogP contribution is 2.18. The van der Waals surface area contributed by atoms with Crippen molar-refractivity contribution in [3.8, 4) is 0 Å². The number of hydrogen-bond donors (Lipinski definition) is 3. The first kappa shape index (κ1) is 15.1. The molecule has 3 rings (SSSR count). The fourth-order valence-corrected chi connectivity index (χ4v) is 2.21. The van der Waals surface area contributed by atoms with E-state index in [1.165, 1.54) is 0 Å². The van der Waals surface area contributed by atoms with Crippen molar-refractivity contribution in [3.63, 3.8) is 0 Å². The van der Waals surface area contributed by atoms with Crippen molar-refractivity contribution < 1.29 is 14.3 Å². The van der Waals surface area contributed by atoms with Gasteiger partial charge < -0.3 is 21.1 Å². The van der Waals surface area contributed by atoms with E-state index < -0.39 is 5.91 Å². The maximum absolute atomic E-state index is 12.1. The maximum Gasteiger partial charge on any atom is 0.251 e. The van der Waals surface area contributed by atoms with Crippen molar-refractivity contribution in [2.75, 3.05) is 18.5 Å². The minimum atomic E-state index is -0.463. The van der Waals surface area contributed by atoms with Crippen LogP contribution in [0.15, 0.2) is 48.5 Å². The number of nitrogens with one attached hydrogen (secondary N) is 2. The van der Waals surface area contributed by atoms with E-state index in [-0.39, 0.29) is 11.9 Å². The van der Waals surface area contributed by atoms with Crippen LogP contribution in [0.2, 0.25) is 0 Å². The molecule has 6 heteroatoms. The van der Waals surface area contributed by atoms with Gasteiger partial charge in [0.25, 0.3) is 5.91 Å². The molecule has 0 saturated carbocycles. The zero-order valence-corrected chi connectivity index (χ0v) is 12.4. The molecule has 2 aromatic rings.